The molecule has 2 atom stereocenters. The molecular formula is C22H38N4O12S. The van der Waals surface area contributed by atoms with Crippen LogP contribution < -0.4 is 10.8 Å². The van der Waals surface area contributed by atoms with Gasteiger partial charge in [-0.05, 0) is 47.5 Å². The molecule has 0 saturated carbocycles. The highest BCUT2D eigenvalue weighted by molar-refractivity contribution is 7.81. The highest BCUT2D eigenvalue weighted by atomic mass is 32.3. The summed E-state index contributed by atoms with van der Waals surface area (Å²) in [6, 6.07) is -2.40. The van der Waals surface area contributed by atoms with Crippen molar-refractivity contribution < 1.29 is 55.1 Å². The first-order valence-electron chi connectivity index (χ1n) is 12.3. The van der Waals surface area contributed by atoms with Crippen molar-refractivity contribution in [2.45, 2.75) is 65.1 Å². The van der Waals surface area contributed by atoms with Crippen molar-refractivity contribution >= 4 is 34.4 Å². The number of carbonyl (C=O) groups excluding carboxylic acids is 4. The van der Waals surface area contributed by atoms with Crippen LogP contribution in [0.3, 0.4) is 0 Å². The molecule has 2 rings (SSSR count). The van der Waals surface area contributed by atoms with Gasteiger partial charge in [-0.2, -0.15) is 13.5 Å². The zero-order valence-electron chi connectivity index (χ0n) is 23.0. The van der Waals surface area contributed by atoms with Gasteiger partial charge < -0.3 is 24.4 Å². The van der Waals surface area contributed by atoms with Crippen LogP contribution >= 0.6 is 0 Å². The number of ether oxygens (including phenoxy) is 3. The Hall–Kier alpha value is -2.73. The molecule has 2 fully saturated rings. The molecule has 0 aliphatic carbocycles. The second-order valence-electron chi connectivity index (χ2n) is 10.5. The van der Waals surface area contributed by atoms with Crippen LogP contribution in [0.1, 0.15) is 47.5 Å². The van der Waals surface area contributed by atoms with Crippen LogP contribution in [0.15, 0.2) is 0 Å². The van der Waals surface area contributed by atoms with Crippen LogP contribution in [0.5, 0.6) is 0 Å². The average Bonchev–Trinajstić information content (AvgIpc) is 3.05. The molecule has 16 nitrogen and oxygen atoms in total. The van der Waals surface area contributed by atoms with Gasteiger partial charge in [0.1, 0.15) is 18.2 Å². The number of alkyl carbamates (subject to hydrolysis) is 1. The molecule has 0 aromatic heterocycles. The molecule has 0 aromatic rings. The summed E-state index contributed by atoms with van der Waals surface area (Å²) in [7, 11) is -3.29. The molecular weight excluding hydrogens is 544 g/mol. The number of fused-ring (bicyclic) bond motifs is 2. The number of urea groups is 1. The van der Waals surface area contributed by atoms with Gasteiger partial charge in [-0.25, -0.2) is 19.3 Å². The van der Waals surface area contributed by atoms with Crippen LogP contribution in [0, 0.1) is 5.41 Å². The van der Waals surface area contributed by atoms with E-state index in [9.17, 15) is 27.6 Å². The minimum Gasteiger partial charge on any atom is -0.463 e. The Morgan fingerprint density at radius 1 is 1.05 bits per heavy atom. The van der Waals surface area contributed by atoms with Gasteiger partial charge in [0.15, 0.2) is 0 Å². The standard InChI is InChI=1S/C22H38N4O12S/c1-21(2,3)37-19(29)23-9-10-35-24-17(27)16-8-7-15-13-25(16)20(30)26(15)38-39(31,32)36-14-22(4,5)18(28)34-12-11-33-6/h15-16H,7-14H2,1-6H3,(H,23,29)(H,24,27)/t15-,16+/m1/s1. The number of methoxy groups -OCH3 is 1. The van der Waals surface area contributed by atoms with Crippen LogP contribution in [-0.2, 0) is 47.5 Å². The molecule has 0 unspecified atom stereocenters. The number of rotatable bonds is 14. The molecule has 2 saturated heterocycles. The third kappa shape index (κ3) is 10.1. The number of nitrogens with one attached hydrogen (secondary N) is 2. The maximum Gasteiger partial charge on any atom is 0.421 e. The molecule has 4 amide bonds. The third-order valence-corrected chi connectivity index (χ3v) is 6.23. The van der Waals surface area contributed by atoms with E-state index in [1.165, 1.54) is 25.9 Å². The molecule has 0 aromatic carbocycles. The van der Waals surface area contributed by atoms with E-state index in [-0.39, 0.29) is 45.8 Å². The van der Waals surface area contributed by atoms with Crippen LogP contribution in [0.25, 0.3) is 0 Å². The van der Waals surface area contributed by atoms with Crippen molar-refractivity contribution in [1.29, 1.82) is 0 Å². The van der Waals surface area contributed by atoms with Gasteiger partial charge in [0.05, 0.1) is 31.3 Å². The molecule has 39 heavy (non-hydrogen) atoms. The fourth-order valence-electron chi connectivity index (χ4n) is 3.52. The predicted octanol–water partition coefficient (Wildman–Crippen LogP) is 0.236. The first-order valence-corrected chi connectivity index (χ1v) is 13.6. The maximum atomic E-state index is 12.8. The Morgan fingerprint density at radius 3 is 2.38 bits per heavy atom. The first kappa shape index (κ1) is 32.5. The van der Waals surface area contributed by atoms with Crippen molar-refractivity contribution in [3.8, 4) is 0 Å². The molecule has 2 aliphatic rings. The molecule has 2 N–H and O–H groups in total. The van der Waals surface area contributed by atoms with E-state index in [2.05, 4.69) is 10.8 Å². The summed E-state index contributed by atoms with van der Waals surface area (Å²) in [6.45, 7) is 7.63. The van der Waals surface area contributed by atoms with Gasteiger partial charge in [0.25, 0.3) is 5.91 Å². The van der Waals surface area contributed by atoms with E-state index < -0.39 is 64.1 Å². The lowest BCUT2D eigenvalue weighted by molar-refractivity contribution is -0.157. The molecule has 224 valence electrons. The quantitative estimate of drug-likeness (QED) is 0.161. The SMILES string of the molecule is COCCOC(=O)C(C)(C)COS(=O)(=O)ON1C(=O)N2C[C@H]1CC[C@H]2C(=O)NOCCNC(=O)OC(C)(C)C. The van der Waals surface area contributed by atoms with Crippen molar-refractivity contribution in [3.63, 3.8) is 0 Å². The monoisotopic (exact) mass is 582 g/mol. The summed E-state index contributed by atoms with van der Waals surface area (Å²) in [5.74, 6) is -1.32. The number of amides is 4. The number of hydroxylamine groups is 3. The Labute approximate surface area is 227 Å². The summed E-state index contributed by atoms with van der Waals surface area (Å²) in [4.78, 5) is 55.4. The summed E-state index contributed by atoms with van der Waals surface area (Å²) in [5, 5.41) is 3.12. The Bertz CT molecular complexity index is 997. The molecule has 2 bridgehead atoms. The van der Waals surface area contributed by atoms with E-state index in [0.29, 0.717) is 5.06 Å². The third-order valence-electron chi connectivity index (χ3n) is 5.48. The lowest BCUT2D eigenvalue weighted by atomic mass is 9.95. The molecule has 2 aliphatic heterocycles. The maximum absolute atomic E-state index is 12.8. The second-order valence-corrected chi connectivity index (χ2v) is 11.7. The van der Waals surface area contributed by atoms with E-state index in [1.54, 1.807) is 20.8 Å². The van der Waals surface area contributed by atoms with Crippen molar-refractivity contribution in [1.82, 2.24) is 20.8 Å². The van der Waals surface area contributed by atoms with E-state index in [1.807, 2.05) is 0 Å². The zero-order chi connectivity index (χ0) is 29.4. The van der Waals surface area contributed by atoms with E-state index in [0.717, 1.165) is 0 Å². The summed E-state index contributed by atoms with van der Waals surface area (Å²) in [6.07, 6.45) is -0.140. The highest BCUT2D eigenvalue weighted by Crippen LogP contribution is 2.31. The molecule has 2 heterocycles. The van der Waals surface area contributed by atoms with Gasteiger partial charge >= 0.3 is 28.5 Å². The molecule has 17 heteroatoms. The van der Waals surface area contributed by atoms with Crippen LogP contribution in [-0.4, -0.2) is 107 Å². The number of carbonyl (C=O) groups is 4. The fourth-order valence-corrected chi connectivity index (χ4v) is 4.39. The predicted molar refractivity (Wildman–Crippen MR) is 132 cm³/mol. The first-order chi connectivity index (χ1) is 18.1. The minimum atomic E-state index is -4.73. The topological polar surface area (TPSA) is 188 Å². The lowest BCUT2D eigenvalue weighted by Gasteiger charge is -2.28. The minimum absolute atomic E-state index is 0.00936. The van der Waals surface area contributed by atoms with E-state index in [4.69, 9.17) is 27.5 Å². The van der Waals surface area contributed by atoms with Gasteiger partial charge in [0, 0.05) is 20.2 Å². The van der Waals surface area contributed by atoms with Gasteiger partial charge in [0.2, 0.25) is 0 Å². The zero-order valence-corrected chi connectivity index (χ0v) is 23.8. The van der Waals surface area contributed by atoms with Crippen molar-refractivity contribution in [2.24, 2.45) is 5.41 Å². The van der Waals surface area contributed by atoms with Crippen molar-refractivity contribution in [3.05, 3.63) is 0 Å². The molecule has 0 radical (unpaired) electrons. The van der Waals surface area contributed by atoms with Crippen LogP contribution in [0.2, 0.25) is 0 Å². The number of nitrogens with zero attached hydrogens (tertiary/aromatic N) is 2. The fraction of sp³-hybridized carbons (Fsp3) is 0.818. The van der Waals surface area contributed by atoms with E-state index >= 15 is 0 Å². The van der Waals surface area contributed by atoms with Crippen LogP contribution in [0.4, 0.5) is 9.59 Å². The number of hydrogen-bond acceptors (Lipinski definition) is 12. The highest BCUT2D eigenvalue weighted by Gasteiger charge is 2.50. The van der Waals surface area contributed by atoms with Gasteiger partial charge in [-0.3, -0.25) is 14.4 Å². The lowest BCUT2D eigenvalue weighted by Crippen LogP contribution is -2.50. The molecule has 0 spiro atoms. The second kappa shape index (κ2) is 13.6. The van der Waals surface area contributed by atoms with Gasteiger partial charge in [-0.15, -0.1) is 4.28 Å². The van der Waals surface area contributed by atoms with Gasteiger partial charge in [-0.1, -0.05) is 0 Å². The number of piperidine rings is 1. The Morgan fingerprint density at radius 2 is 1.74 bits per heavy atom. The Kier molecular flexibility index (Phi) is 11.3. The summed E-state index contributed by atoms with van der Waals surface area (Å²) < 4.78 is 49.5. The average molecular weight is 583 g/mol. The summed E-state index contributed by atoms with van der Waals surface area (Å²) >= 11 is 0. The Balaban J connectivity index is 1.82. The summed E-state index contributed by atoms with van der Waals surface area (Å²) in [5.41, 5.74) is 0.244. The largest absolute Gasteiger partial charge is 0.463 e. The number of esters is 1. The van der Waals surface area contributed by atoms with Crippen molar-refractivity contribution in [2.75, 3.05) is 46.6 Å². The normalized spacial score (nSPS) is 19.6. The smallest absolute Gasteiger partial charge is 0.421 e. The number of hydrogen-bond donors (Lipinski definition) is 2.